The fourth-order valence-electron chi connectivity index (χ4n) is 3.91. The van der Waals surface area contributed by atoms with Crippen LogP contribution in [0.1, 0.15) is 52.0 Å². The zero-order valence-corrected chi connectivity index (χ0v) is 14.6. The Morgan fingerprint density at radius 2 is 2.17 bits per heavy atom. The van der Waals surface area contributed by atoms with E-state index in [1.54, 1.807) is 4.68 Å². The molecule has 6 heteroatoms. The van der Waals surface area contributed by atoms with Crippen molar-refractivity contribution >= 4 is 11.9 Å². The number of anilines is 1. The van der Waals surface area contributed by atoms with Crippen molar-refractivity contribution in [3.63, 3.8) is 0 Å². The molecule has 1 heterocycles. The van der Waals surface area contributed by atoms with Crippen molar-refractivity contribution in [1.82, 2.24) is 15.1 Å². The summed E-state index contributed by atoms with van der Waals surface area (Å²) < 4.78 is 7.01. The molecule has 3 unspecified atom stereocenters. The van der Waals surface area contributed by atoms with Crippen LogP contribution in [0.2, 0.25) is 0 Å². The van der Waals surface area contributed by atoms with Gasteiger partial charge in [0.15, 0.2) is 0 Å². The average molecular weight is 320 g/mol. The van der Waals surface area contributed by atoms with Gasteiger partial charge in [-0.2, -0.15) is 5.10 Å². The molecule has 23 heavy (non-hydrogen) atoms. The number of aromatic nitrogens is 2. The first kappa shape index (κ1) is 16.3. The number of carbonyl (C=O) groups excluding carboxylic acids is 1. The maximum atomic E-state index is 12.0. The van der Waals surface area contributed by atoms with Crippen molar-refractivity contribution < 1.29 is 9.53 Å². The monoisotopic (exact) mass is 320 g/mol. The van der Waals surface area contributed by atoms with E-state index in [1.807, 2.05) is 34.0 Å². The van der Waals surface area contributed by atoms with E-state index in [2.05, 4.69) is 15.7 Å². The van der Waals surface area contributed by atoms with E-state index in [0.717, 1.165) is 23.9 Å². The maximum Gasteiger partial charge on any atom is 0.413 e. The highest BCUT2D eigenvalue weighted by atomic mass is 16.6. The molecule has 3 atom stereocenters. The first-order valence-corrected chi connectivity index (χ1v) is 8.56. The standard InChI is InChI=1S/C17H28N4O2/c1-17(2,3)23-16(22)20-15-13(10-19-21(15)4)9-18-14-8-11-5-6-12(14)7-11/h10-12,14,18H,5-9H2,1-4H3,(H,20,22). The van der Waals surface area contributed by atoms with Crippen LogP contribution < -0.4 is 10.6 Å². The number of hydrogen-bond acceptors (Lipinski definition) is 4. The van der Waals surface area contributed by atoms with Crippen LogP contribution in [-0.2, 0) is 18.3 Å². The van der Waals surface area contributed by atoms with Gasteiger partial charge in [-0.25, -0.2) is 4.79 Å². The van der Waals surface area contributed by atoms with Crippen LogP contribution >= 0.6 is 0 Å². The highest BCUT2D eigenvalue weighted by Crippen LogP contribution is 2.44. The summed E-state index contributed by atoms with van der Waals surface area (Å²) in [4.78, 5) is 12.0. The Morgan fingerprint density at radius 3 is 2.78 bits per heavy atom. The Labute approximate surface area is 138 Å². The zero-order chi connectivity index (χ0) is 16.6. The van der Waals surface area contributed by atoms with E-state index in [4.69, 9.17) is 4.74 Å². The topological polar surface area (TPSA) is 68.2 Å². The molecule has 2 fully saturated rings. The van der Waals surface area contributed by atoms with Gasteiger partial charge in [0.2, 0.25) is 0 Å². The van der Waals surface area contributed by atoms with E-state index in [-0.39, 0.29) is 0 Å². The van der Waals surface area contributed by atoms with Gasteiger partial charge in [0, 0.05) is 25.2 Å². The lowest BCUT2D eigenvalue weighted by molar-refractivity contribution is 0.0634. The highest BCUT2D eigenvalue weighted by Gasteiger charge is 2.39. The smallest absolute Gasteiger partial charge is 0.413 e. The van der Waals surface area contributed by atoms with Gasteiger partial charge in [-0.3, -0.25) is 10.00 Å². The second-order valence-corrected chi connectivity index (χ2v) is 7.93. The summed E-state index contributed by atoms with van der Waals surface area (Å²) >= 11 is 0. The van der Waals surface area contributed by atoms with Crippen LogP contribution in [0.4, 0.5) is 10.6 Å². The number of ether oxygens (including phenoxy) is 1. The number of nitrogens with zero attached hydrogens (tertiary/aromatic N) is 2. The van der Waals surface area contributed by atoms with Crippen molar-refractivity contribution in [2.75, 3.05) is 5.32 Å². The molecule has 3 rings (SSSR count). The summed E-state index contributed by atoms with van der Waals surface area (Å²) in [6, 6.07) is 0.614. The number of amides is 1. The number of nitrogens with one attached hydrogen (secondary N) is 2. The van der Waals surface area contributed by atoms with Crippen molar-refractivity contribution in [3.05, 3.63) is 11.8 Å². The second kappa shape index (κ2) is 6.15. The molecule has 1 aromatic heterocycles. The zero-order valence-electron chi connectivity index (χ0n) is 14.6. The summed E-state index contributed by atoms with van der Waals surface area (Å²) in [5.74, 6) is 2.46. The molecule has 2 aliphatic carbocycles. The van der Waals surface area contributed by atoms with E-state index >= 15 is 0 Å². The van der Waals surface area contributed by atoms with Gasteiger partial charge in [0.25, 0.3) is 0 Å². The molecular formula is C17H28N4O2. The molecule has 128 valence electrons. The third-order valence-corrected chi connectivity index (χ3v) is 4.93. The second-order valence-electron chi connectivity index (χ2n) is 7.93. The maximum absolute atomic E-state index is 12.0. The number of aryl methyl sites for hydroxylation is 1. The van der Waals surface area contributed by atoms with Crippen LogP contribution in [0, 0.1) is 11.8 Å². The van der Waals surface area contributed by atoms with Gasteiger partial charge in [-0.05, 0) is 51.9 Å². The number of hydrogen-bond donors (Lipinski definition) is 2. The Kier molecular flexibility index (Phi) is 4.36. The quantitative estimate of drug-likeness (QED) is 0.895. The molecule has 0 aromatic carbocycles. The minimum atomic E-state index is -0.510. The molecule has 2 aliphatic rings. The number of fused-ring (bicyclic) bond motifs is 2. The van der Waals surface area contributed by atoms with Crippen molar-refractivity contribution in [3.8, 4) is 0 Å². The Bertz CT molecular complexity index is 576. The van der Waals surface area contributed by atoms with Crippen molar-refractivity contribution in [2.24, 2.45) is 18.9 Å². The van der Waals surface area contributed by atoms with Crippen LogP contribution in [0.3, 0.4) is 0 Å². The molecule has 0 aliphatic heterocycles. The van der Waals surface area contributed by atoms with Gasteiger partial charge >= 0.3 is 6.09 Å². The lowest BCUT2D eigenvalue weighted by atomic mass is 9.95. The van der Waals surface area contributed by atoms with Gasteiger partial charge in [0.1, 0.15) is 11.4 Å². The number of carbonyl (C=O) groups is 1. The first-order valence-electron chi connectivity index (χ1n) is 8.56. The Morgan fingerprint density at radius 1 is 1.39 bits per heavy atom. The molecule has 2 saturated carbocycles. The van der Waals surface area contributed by atoms with Gasteiger partial charge in [-0.1, -0.05) is 6.42 Å². The van der Waals surface area contributed by atoms with Crippen molar-refractivity contribution in [2.45, 2.75) is 64.6 Å². The largest absolute Gasteiger partial charge is 0.444 e. The lowest BCUT2D eigenvalue weighted by Gasteiger charge is -2.23. The molecule has 0 spiro atoms. The normalized spacial score (nSPS) is 26.5. The van der Waals surface area contributed by atoms with Crippen molar-refractivity contribution in [1.29, 1.82) is 0 Å². The molecule has 1 aromatic rings. The predicted molar refractivity (Wildman–Crippen MR) is 89.1 cm³/mol. The minimum absolute atomic E-state index is 0.442. The molecule has 0 saturated heterocycles. The van der Waals surface area contributed by atoms with Crippen LogP contribution in [0.25, 0.3) is 0 Å². The average Bonchev–Trinajstić information content (AvgIpc) is 3.12. The van der Waals surface area contributed by atoms with E-state index in [1.165, 1.54) is 25.7 Å². The molecule has 2 bridgehead atoms. The Hall–Kier alpha value is -1.56. The summed E-state index contributed by atoms with van der Waals surface area (Å²) in [5.41, 5.74) is 0.491. The lowest BCUT2D eigenvalue weighted by Crippen LogP contribution is -2.33. The van der Waals surface area contributed by atoms with Crippen LogP contribution in [0.15, 0.2) is 6.20 Å². The van der Waals surface area contributed by atoms with E-state index in [0.29, 0.717) is 11.9 Å². The predicted octanol–water partition coefficient (Wildman–Crippen LogP) is 3.05. The van der Waals surface area contributed by atoms with Crippen LogP contribution in [0.5, 0.6) is 0 Å². The summed E-state index contributed by atoms with van der Waals surface area (Å²) in [5, 5.41) is 10.7. The molecular weight excluding hydrogens is 292 g/mol. The highest BCUT2D eigenvalue weighted by molar-refractivity contribution is 5.84. The molecule has 0 radical (unpaired) electrons. The van der Waals surface area contributed by atoms with E-state index < -0.39 is 11.7 Å². The van der Waals surface area contributed by atoms with E-state index in [9.17, 15) is 4.79 Å². The van der Waals surface area contributed by atoms with Crippen LogP contribution in [-0.4, -0.2) is 27.5 Å². The summed E-state index contributed by atoms with van der Waals surface area (Å²) in [6.45, 7) is 6.29. The summed E-state index contributed by atoms with van der Waals surface area (Å²) in [7, 11) is 1.83. The minimum Gasteiger partial charge on any atom is -0.444 e. The molecule has 2 N–H and O–H groups in total. The third kappa shape index (κ3) is 3.86. The fraction of sp³-hybridized carbons (Fsp3) is 0.765. The fourth-order valence-corrected chi connectivity index (χ4v) is 3.91. The molecule has 6 nitrogen and oxygen atoms in total. The number of rotatable bonds is 4. The van der Waals surface area contributed by atoms with Gasteiger partial charge in [-0.15, -0.1) is 0 Å². The molecule has 1 amide bonds. The third-order valence-electron chi connectivity index (χ3n) is 4.93. The van der Waals surface area contributed by atoms with Gasteiger partial charge < -0.3 is 10.1 Å². The Balaban J connectivity index is 1.59. The first-order chi connectivity index (χ1) is 10.8. The SMILES string of the molecule is Cn1ncc(CNC2CC3CCC2C3)c1NC(=O)OC(C)(C)C. The van der Waals surface area contributed by atoms with Gasteiger partial charge in [0.05, 0.1) is 6.20 Å². The summed E-state index contributed by atoms with van der Waals surface area (Å²) in [6.07, 6.45) is 6.81.